The van der Waals surface area contributed by atoms with E-state index in [0.29, 0.717) is 54.4 Å². The number of halogens is 1. The molecule has 246 valence electrons. The molecule has 1 saturated carbocycles. The van der Waals surface area contributed by atoms with Crippen LogP contribution in [-0.2, 0) is 9.53 Å². The van der Waals surface area contributed by atoms with Gasteiger partial charge >= 0.3 is 11.9 Å². The number of nitriles is 1. The van der Waals surface area contributed by atoms with Crippen LogP contribution in [0.5, 0.6) is 11.5 Å². The second-order valence-corrected chi connectivity index (χ2v) is 12.3. The number of alkyl halides is 1. The Kier molecular flexibility index (Phi) is 16.5. The van der Waals surface area contributed by atoms with E-state index in [-0.39, 0.29) is 12.5 Å². The fourth-order valence-electron chi connectivity index (χ4n) is 5.87. The molecule has 0 saturated heterocycles. The summed E-state index contributed by atoms with van der Waals surface area (Å²) in [5.74, 6) is -0.0524. The summed E-state index contributed by atoms with van der Waals surface area (Å²) in [4.78, 5) is 24.8. The minimum atomic E-state index is -1.53. The molecule has 2 aromatic rings. The van der Waals surface area contributed by atoms with Crippen LogP contribution in [0.2, 0.25) is 0 Å². The van der Waals surface area contributed by atoms with Gasteiger partial charge in [0.2, 0.25) is 0 Å². The number of carbonyl (C=O) groups excluding carboxylic acids is 2. The van der Waals surface area contributed by atoms with Crippen molar-refractivity contribution in [1.29, 1.82) is 5.26 Å². The van der Waals surface area contributed by atoms with Crippen LogP contribution in [0.3, 0.4) is 0 Å². The van der Waals surface area contributed by atoms with Crippen LogP contribution < -0.4 is 9.47 Å². The van der Waals surface area contributed by atoms with Crippen molar-refractivity contribution in [2.45, 2.75) is 141 Å². The van der Waals surface area contributed by atoms with E-state index < -0.39 is 18.1 Å². The van der Waals surface area contributed by atoms with Gasteiger partial charge in [-0.15, -0.1) is 0 Å². The van der Waals surface area contributed by atoms with Crippen LogP contribution in [-0.4, -0.2) is 30.8 Å². The maximum Gasteiger partial charge on any atom is 0.343 e. The SMILES string of the molecule is CCCCCCCCCCCCOc1ccc(C(=O)Oc2ccc(C3CCC(OC(=O)[C@@H](F)CCCC)CC3)cc2)cc1C#N. The Bertz CT molecular complexity index is 1200. The third-order valence-electron chi connectivity index (χ3n) is 8.68. The lowest BCUT2D eigenvalue weighted by atomic mass is 9.83. The van der Waals surface area contributed by atoms with Crippen molar-refractivity contribution >= 4 is 11.9 Å². The van der Waals surface area contributed by atoms with Gasteiger partial charge in [0, 0.05) is 0 Å². The summed E-state index contributed by atoms with van der Waals surface area (Å²) in [6, 6.07) is 14.4. The van der Waals surface area contributed by atoms with E-state index in [0.717, 1.165) is 37.7 Å². The van der Waals surface area contributed by atoms with Crippen LogP contribution in [0.15, 0.2) is 42.5 Å². The molecule has 1 aliphatic carbocycles. The van der Waals surface area contributed by atoms with Crippen molar-refractivity contribution in [1.82, 2.24) is 0 Å². The molecular weight excluding hydrogens is 569 g/mol. The topological polar surface area (TPSA) is 85.6 Å². The van der Waals surface area contributed by atoms with E-state index in [1.807, 2.05) is 19.1 Å². The van der Waals surface area contributed by atoms with Crippen molar-refractivity contribution in [3.05, 3.63) is 59.2 Å². The molecule has 0 unspecified atom stereocenters. The predicted octanol–water partition coefficient (Wildman–Crippen LogP) is 10.2. The van der Waals surface area contributed by atoms with Crippen LogP contribution in [0.1, 0.15) is 150 Å². The summed E-state index contributed by atoms with van der Waals surface area (Å²) in [5.41, 5.74) is 1.73. The van der Waals surface area contributed by atoms with Gasteiger partial charge in [-0.1, -0.05) is 96.6 Å². The molecule has 0 spiro atoms. The van der Waals surface area contributed by atoms with Gasteiger partial charge in [0.25, 0.3) is 0 Å². The highest BCUT2D eigenvalue weighted by Gasteiger charge is 2.28. The van der Waals surface area contributed by atoms with Crippen molar-refractivity contribution in [2.24, 2.45) is 0 Å². The zero-order chi connectivity index (χ0) is 32.3. The third-order valence-corrected chi connectivity index (χ3v) is 8.68. The molecular formula is C38H52FNO5. The van der Waals surface area contributed by atoms with Crippen LogP contribution in [0.4, 0.5) is 4.39 Å². The molecule has 3 rings (SSSR count). The second kappa shape index (κ2) is 20.6. The lowest BCUT2D eigenvalue weighted by Gasteiger charge is -2.29. The van der Waals surface area contributed by atoms with Gasteiger partial charge in [0.15, 0.2) is 6.17 Å². The van der Waals surface area contributed by atoms with Gasteiger partial charge in [-0.05, 0) is 80.3 Å². The van der Waals surface area contributed by atoms with Gasteiger partial charge in [-0.2, -0.15) is 5.26 Å². The number of benzene rings is 2. The Hall–Kier alpha value is -3.40. The molecule has 0 N–H and O–H groups in total. The molecule has 0 aromatic heterocycles. The third kappa shape index (κ3) is 12.9. The highest BCUT2D eigenvalue weighted by Crippen LogP contribution is 2.35. The first-order chi connectivity index (χ1) is 21.9. The average molecular weight is 622 g/mol. The normalized spacial score (nSPS) is 16.8. The molecule has 45 heavy (non-hydrogen) atoms. The number of esters is 2. The molecule has 0 aliphatic heterocycles. The molecule has 0 amide bonds. The minimum absolute atomic E-state index is 0.223. The lowest BCUT2D eigenvalue weighted by molar-refractivity contribution is -0.157. The molecule has 0 heterocycles. The van der Waals surface area contributed by atoms with Crippen molar-refractivity contribution in [3.8, 4) is 17.6 Å². The zero-order valence-electron chi connectivity index (χ0n) is 27.4. The molecule has 1 fully saturated rings. The second-order valence-electron chi connectivity index (χ2n) is 12.3. The average Bonchev–Trinajstić information content (AvgIpc) is 3.06. The smallest absolute Gasteiger partial charge is 0.343 e. The molecule has 7 heteroatoms. The number of hydrogen-bond acceptors (Lipinski definition) is 6. The number of nitrogens with zero attached hydrogens (tertiary/aromatic N) is 1. The predicted molar refractivity (Wildman–Crippen MR) is 175 cm³/mol. The monoisotopic (exact) mass is 621 g/mol. The Balaban J connectivity index is 1.38. The van der Waals surface area contributed by atoms with E-state index in [4.69, 9.17) is 14.2 Å². The quantitative estimate of drug-likeness (QED) is 0.0831. The summed E-state index contributed by atoms with van der Waals surface area (Å²) in [6.07, 6.45) is 15.5. The molecule has 2 aromatic carbocycles. The fraction of sp³-hybridized carbons (Fsp3) is 0.605. The summed E-state index contributed by atoms with van der Waals surface area (Å²) in [6.45, 7) is 4.76. The maximum atomic E-state index is 14.0. The molecule has 1 aliphatic rings. The highest BCUT2D eigenvalue weighted by molar-refractivity contribution is 5.91. The first kappa shape index (κ1) is 36.1. The van der Waals surface area contributed by atoms with Gasteiger partial charge in [0.05, 0.1) is 17.7 Å². The number of ether oxygens (including phenoxy) is 3. The molecule has 0 bridgehead atoms. The Labute approximate surface area is 269 Å². The Morgan fingerprint density at radius 2 is 1.47 bits per heavy atom. The van der Waals surface area contributed by atoms with Gasteiger partial charge in [-0.25, -0.2) is 14.0 Å². The first-order valence-corrected chi connectivity index (χ1v) is 17.3. The zero-order valence-corrected chi connectivity index (χ0v) is 27.4. The number of unbranched alkanes of at least 4 members (excludes halogenated alkanes) is 10. The van der Waals surface area contributed by atoms with Crippen LogP contribution in [0.25, 0.3) is 0 Å². The maximum absolute atomic E-state index is 14.0. The van der Waals surface area contributed by atoms with E-state index in [1.165, 1.54) is 57.4 Å². The van der Waals surface area contributed by atoms with Crippen molar-refractivity contribution < 1.29 is 28.2 Å². The molecule has 1 atom stereocenters. The number of rotatable bonds is 20. The molecule has 0 radical (unpaired) electrons. The minimum Gasteiger partial charge on any atom is -0.492 e. The van der Waals surface area contributed by atoms with Crippen molar-refractivity contribution in [3.63, 3.8) is 0 Å². The van der Waals surface area contributed by atoms with Gasteiger partial charge in [-0.3, -0.25) is 0 Å². The summed E-state index contributed by atoms with van der Waals surface area (Å²) < 4.78 is 30.8. The van der Waals surface area contributed by atoms with E-state index in [9.17, 15) is 19.2 Å². The van der Waals surface area contributed by atoms with Gasteiger partial charge < -0.3 is 14.2 Å². The lowest BCUT2D eigenvalue weighted by Crippen LogP contribution is -2.28. The highest BCUT2D eigenvalue weighted by atomic mass is 19.1. The van der Waals surface area contributed by atoms with Gasteiger partial charge in [0.1, 0.15) is 23.7 Å². The number of hydrogen-bond donors (Lipinski definition) is 0. The van der Waals surface area contributed by atoms with E-state index in [2.05, 4.69) is 13.0 Å². The molecule has 6 nitrogen and oxygen atoms in total. The van der Waals surface area contributed by atoms with Crippen LogP contribution >= 0.6 is 0 Å². The summed E-state index contributed by atoms with van der Waals surface area (Å²) >= 11 is 0. The summed E-state index contributed by atoms with van der Waals surface area (Å²) in [7, 11) is 0. The Morgan fingerprint density at radius 1 is 0.844 bits per heavy atom. The largest absolute Gasteiger partial charge is 0.492 e. The number of carbonyl (C=O) groups is 2. The Morgan fingerprint density at radius 3 is 2.09 bits per heavy atom. The standard InChI is InChI=1S/C38H52FNO5/c1-3-5-7-8-9-10-11-12-13-14-26-43-36-25-20-31(27-32(36)28-40)37(41)44-33-21-16-29(17-22-33)30-18-23-34(24-19-30)45-38(42)35(39)15-6-4-2/h16-17,20-22,25,27,30,34-35H,3-15,18-19,23-24,26H2,1-2H3/t30?,34?,35-/m0/s1. The van der Waals surface area contributed by atoms with Crippen molar-refractivity contribution in [2.75, 3.05) is 6.61 Å². The van der Waals surface area contributed by atoms with E-state index in [1.54, 1.807) is 24.3 Å². The van der Waals surface area contributed by atoms with E-state index >= 15 is 0 Å². The first-order valence-electron chi connectivity index (χ1n) is 17.3. The fourth-order valence-corrected chi connectivity index (χ4v) is 5.87. The summed E-state index contributed by atoms with van der Waals surface area (Å²) in [5, 5.41) is 9.64. The van der Waals surface area contributed by atoms with Crippen LogP contribution in [0, 0.1) is 11.3 Å².